The number of hydrogen-bond acceptors (Lipinski definition) is 0. The molecule has 30 heavy (non-hydrogen) atoms. The number of halogens is 2. The van der Waals surface area contributed by atoms with E-state index in [9.17, 15) is 0 Å². The third-order valence-corrected chi connectivity index (χ3v) is 21.5. The van der Waals surface area contributed by atoms with E-state index in [1.165, 1.54) is 33.5 Å². The highest BCUT2D eigenvalue weighted by atomic mass is 127. The van der Waals surface area contributed by atoms with E-state index in [-0.39, 0.29) is 0 Å². The topological polar surface area (TPSA) is 0 Å². The van der Waals surface area contributed by atoms with E-state index in [1.807, 2.05) is 0 Å². The van der Waals surface area contributed by atoms with Crippen molar-refractivity contribution in [1.29, 1.82) is 0 Å². The lowest BCUT2D eigenvalue weighted by molar-refractivity contribution is 1.50. The molecule has 0 fully saturated rings. The summed E-state index contributed by atoms with van der Waals surface area (Å²) in [6, 6.07) is 44.6. The molecule has 0 spiro atoms. The second-order valence-electron chi connectivity index (χ2n) is 7.22. The molecular formula is C26H24I2P2+2. The summed E-state index contributed by atoms with van der Waals surface area (Å²) in [6.07, 6.45) is 2.39. The molecule has 0 aliphatic heterocycles. The minimum absolute atomic E-state index is 1.20. The van der Waals surface area contributed by atoms with Crippen molar-refractivity contribution in [2.24, 2.45) is 0 Å². The third-order valence-electron chi connectivity index (χ3n) is 5.38. The van der Waals surface area contributed by atoms with Gasteiger partial charge in [0, 0.05) is 0 Å². The zero-order valence-corrected chi connectivity index (χ0v) is 22.7. The van der Waals surface area contributed by atoms with Crippen LogP contribution in [0, 0.1) is 0 Å². The molecule has 0 unspecified atom stereocenters. The molecule has 150 valence electrons. The van der Waals surface area contributed by atoms with Gasteiger partial charge in [-0.3, -0.25) is 0 Å². The maximum absolute atomic E-state index is 2.81. The van der Waals surface area contributed by atoms with Crippen molar-refractivity contribution in [3.8, 4) is 0 Å². The van der Waals surface area contributed by atoms with E-state index in [4.69, 9.17) is 0 Å². The van der Waals surface area contributed by atoms with E-state index in [0.717, 1.165) is 0 Å². The van der Waals surface area contributed by atoms with Crippen LogP contribution < -0.4 is 21.2 Å². The summed E-state index contributed by atoms with van der Waals surface area (Å²) >= 11 is 5.62. The van der Waals surface area contributed by atoms with Crippen molar-refractivity contribution in [2.45, 2.75) is 0 Å². The minimum Gasteiger partial charge on any atom is -0.0620 e. The van der Waals surface area contributed by atoms with Crippen LogP contribution in [0.3, 0.4) is 0 Å². The van der Waals surface area contributed by atoms with Crippen LogP contribution in [-0.2, 0) is 0 Å². The molecule has 0 aliphatic carbocycles. The number of benzene rings is 4. The summed E-state index contributed by atoms with van der Waals surface area (Å²) in [6.45, 7) is 0. The van der Waals surface area contributed by atoms with Crippen LogP contribution in [0.2, 0.25) is 0 Å². The molecule has 0 saturated heterocycles. The normalized spacial score (nSPS) is 11.9. The molecule has 0 amide bonds. The fourth-order valence-electron chi connectivity index (χ4n) is 3.75. The van der Waals surface area contributed by atoms with Gasteiger partial charge in [-0.25, -0.2) is 0 Å². The third kappa shape index (κ3) is 4.83. The summed E-state index contributed by atoms with van der Waals surface area (Å²) in [5.74, 6) is 0. The molecule has 4 aromatic rings. The predicted molar refractivity (Wildman–Crippen MR) is 156 cm³/mol. The van der Waals surface area contributed by atoms with E-state index < -0.39 is 9.81 Å². The Morgan fingerprint density at radius 1 is 0.367 bits per heavy atom. The molecule has 4 rings (SSSR count). The Kier molecular flexibility index (Phi) is 7.62. The van der Waals surface area contributed by atoms with Crippen LogP contribution in [0.1, 0.15) is 0 Å². The number of rotatable bonds is 7. The lowest BCUT2D eigenvalue weighted by Gasteiger charge is -2.24. The predicted octanol–water partition coefficient (Wildman–Crippen LogP) is 7.02. The molecule has 0 heterocycles. The highest BCUT2D eigenvalue weighted by molar-refractivity contribution is 14.2. The molecule has 0 N–H and O–H groups in total. The molecule has 0 radical (unpaired) electrons. The van der Waals surface area contributed by atoms with Crippen LogP contribution in [0.25, 0.3) is 0 Å². The van der Waals surface area contributed by atoms with Gasteiger partial charge >= 0.3 is 0 Å². The Morgan fingerprint density at radius 3 is 0.767 bits per heavy atom. The zero-order chi connectivity index (χ0) is 20.9. The van der Waals surface area contributed by atoms with Crippen molar-refractivity contribution in [1.82, 2.24) is 0 Å². The van der Waals surface area contributed by atoms with Crippen molar-refractivity contribution in [3.05, 3.63) is 121 Å². The van der Waals surface area contributed by atoms with Crippen LogP contribution in [0.4, 0.5) is 0 Å². The Balaban J connectivity index is 1.76. The van der Waals surface area contributed by atoms with E-state index in [1.54, 1.807) is 0 Å². The summed E-state index contributed by atoms with van der Waals surface area (Å²) in [5.41, 5.74) is 0. The monoisotopic (exact) mass is 652 g/mol. The first-order valence-corrected chi connectivity index (χ1v) is 19.5. The quantitative estimate of drug-likeness (QED) is 0.149. The molecule has 0 saturated carbocycles. The lowest BCUT2D eigenvalue weighted by atomic mass is 10.4. The maximum Gasteiger partial charge on any atom is 0.167 e. The van der Waals surface area contributed by atoms with Gasteiger partial charge in [0.05, 0.1) is 0 Å². The summed E-state index contributed by atoms with van der Waals surface area (Å²) in [5, 5.41) is 5.95. The van der Waals surface area contributed by atoms with Crippen molar-refractivity contribution >= 4 is 75.1 Å². The molecule has 0 bridgehead atoms. The fourth-order valence-corrected chi connectivity index (χ4v) is 17.9. The van der Waals surface area contributed by atoms with Gasteiger partial charge in [0.15, 0.2) is 44.1 Å². The van der Waals surface area contributed by atoms with Crippen LogP contribution in [-0.4, -0.2) is 12.3 Å². The fraction of sp³-hybridized carbons (Fsp3) is 0.0769. The van der Waals surface area contributed by atoms with E-state index in [2.05, 4.69) is 165 Å². The molecule has 4 aromatic carbocycles. The highest BCUT2D eigenvalue weighted by Gasteiger charge is 2.48. The average Bonchev–Trinajstić information content (AvgIpc) is 2.84. The van der Waals surface area contributed by atoms with Crippen molar-refractivity contribution in [3.63, 3.8) is 0 Å². The average molecular weight is 652 g/mol. The van der Waals surface area contributed by atoms with Gasteiger partial charge in [-0.2, -0.15) is 0 Å². The molecule has 0 nitrogen and oxygen atoms in total. The Morgan fingerprint density at radius 2 is 0.567 bits per heavy atom. The molecule has 0 aliphatic rings. The van der Waals surface area contributed by atoms with Gasteiger partial charge < -0.3 is 0 Å². The van der Waals surface area contributed by atoms with Gasteiger partial charge in [-0.15, -0.1) is 0 Å². The SMILES string of the molecule is I[P+](CC[P+](I)(c1ccccc1)c1ccccc1)(c1ccccc1)c1ccccc1. The first kappa shape index (κ1) is 22.4. The van der Waals surface area contributed by atoms with Crippen molar-refractivity contribution in [2.75, 3.05) is 12.3 Å². The van der Waals surface area contributed by atoms with Crippen LogP contribution in [0.15, 0.2) is 121 Å². The molecule has 4 heteroatoms. The molecular weight excluding hydrogens is 628 g/mol. The van der Waals surface area contributed by atoms with Crippen LogP contribution in [0.5, 0.6) is 0 Å². The number of hydrogen-bond donors (Lipinski definition) is 0. The zero-order valence-electron chi connectivity index (χ0n) is 16.6. The lowest BCUT2D eigenvalue weighted by Crippen LogP contribution is -2.26. The van der Waals surface area contributed by atoms with E-state index in [0.29, 0.717) is 0 Å². The molecule has 0 aromatic heterocycles. The van der Waals surface area contributed by atoms with Gasteiger partial charge in [-0.05, 0) is 48.5 Å². The first-order chi connectivity index (χ1) is 14.6. The first-order valence-electron chi connectivity index (χ1n) is 10.0. The van der Waals surface area contributed by atoms with Gasteiger partial charge in [-0.1, -0.05) is 72.8 Å². The maximum atomic E-state index is 2.81. The standard InChI is InChI=1S/C26H24I2P2/c27-29(23-13-5-1-6-14-23,24-15-7-2-8-16-24)21-22-30(28,25-17-9-3-10-18-25)26-19-11-4-12-20-26/h1-20H,21-22H2/q+2. The Labute approximate surface area is 207 Å². The summed E-state index contributed by atoms with van der Waals surface area (Å²) in [4.78, 5) is -3.04. The van der Waals surface area contributed by atoms with Gasteiger partial charge in [0.2, 0.25) is 0 Å². The smallest absolute Gasteiger partial charge is 0.0620 e. The molecule has 0 atom stereocenters. The van der Waals surface area contributed by atoms with Crippen LogP contribution >= 0.6 is 53.9 Å². The second-order valence-corrected chi connectivity index (χ2v) is 22.9. The second kappa shape index (κ2) is 10.2. The summed E-state index contributed by atoms with van der Waals surface area (Å²) in [7, 11) is 0. The van der Waals surface area contributed by atoms with Gasteiger partial charge in [0.25, 0.3) is 0 Å². The highest BCUT2D eigenvalue weighted by Crippen LogP contribution is 2.71. The Hall–Kier alpha value is -0.800. The van der Waals surface area contributed by atoms with E-state index >= 15 is 0 Å². The summed E-state index contributed by atoms with van der Waals surface area (Å²) < 4.78 is 0. The largest absolute Gasteiger partial charge is 0.167 e. The minimum atomic E-state index is -1.52. The van der Waals surface area contributed by atoms with Crippen molar-refractivity contribution < 1.29 is 0 Å². The van der Waals surface area contributed by atoms with Gasteiger partial charge in [0.1, 0.15) is 43.4 Å². The Bertz CT molecular complexity index is 887.